The van der Waals surface area contributed by atoms with Crippen LogP contribution in [0.3, 0.4) is 0 Å². The van der Waals surface area contributed by atoms with Crippen LogP contribution in [-0.2, 0) is 11.2 Å². The Morgan fingerprint density at radius 3 is 3.05 bits per heavy atom. The van der Waals surface area contributed by atoms with E-state index in [2.05, 4.69) is 15.5 Å². The highest BCUT2D eigenvalue weighted by Crippen LogP contribution is 2.22. The zero-order valence-electron chi connectivity index (χ0n) is 11.5. The van der Waals surface area contributed by atoms with Gasteiger partial charge in [-0.15, -0.1) is 22.0 Å². The molecule has 21 heavy (non-hydrogen) atoms. The summed E-state index contributed by atoms with van der Waals surface area (Å²) in [6, 6.07) is 7.63. The van der Waals surface area contributed by atoms with Crippen LogP contribution in [0.1, 0.15) is 5.01 Å². The fraction of sp³-hybridized carbons (Fsp3) is 0.308. The second-order valence-corrected chi connectivity index (χ2v) is 6.24. The van der Waals surface area contributed by atoms with Gasteiger partial charge in [0.15, 0.2) is 0 Å². The van der Waals surface area contributed by atoms with E-state index in [0.717, 1.165) is 15.7 Å². The maximum atomic E-state index is 11.7. The number of nitrogens with zero attached hydrogens (tertiary/aromatic N) is 2. The topological polar surface area (TPSA) is 90.1 Å². The Morgan fingerprint density at radius 1 is 1.48 bits per heavy atom. The van der Waals surface area contributed by atoms with E-state index in [1.165, 1.54) is 23.1 Å². The van der Waals surface area contributed by atoms with Gasteiger partial charge in [0.25, 0.3) is 0 Å². The molecule has 0 atom stereocenters. The molecular weight excluding hydrogens is 308 g/mol. The molecule has 0 aliphatic heterocycles. The third-order valence-electron chi connectivity index (χ3n) is 2.55. The van der Waals surface area contributed by atoms with Crippen molar-refractivity contribution in [1.82, 2.24) is 15.5 Å². The van der Waals surface area contributed by atoms with E-state index in [1.54, 1.807) is 7.11 Å². The van der Waals surface area contributed by atoms with Crippen molar-refractivity contribution < 1.29 is 9.53 Å². The molecule has 8 heteroatoms. The zero-order valence-corrected chi connectivity index (χ0v) is 13.2. The van der Waals surface area contributed by atoms with Crippen LogP contribution in [0.2, 0.25) is 0 Å². The summed E-state index contributed by atoms with van der Waals surface area (Å²) in [5.74, 6) is 1.14. The van der Waals surface area contributed by atoms with Crippen molar-refractivity contribution in [3.05, 3.63) is 29.3 Å². The number of hydrogen-bond donors (Lipinski definition) is 2. The van der Waals surface area contributed by atoms with Crippen LogP contribution in [-0.4, -0.2) is 35.5 Å². The van der Waals surface area contributed by atoms with Gasteiger partial charge < -0.3 is 15.8 Å². The average Bonchev–Trinajstić information content (AvgIpc) is 2.91. The number of benzene rings is 1. The molecule has 0 fully saturated rings. The lowest BCUT2D eigenvalue weighted by Gasteiger charge is -2.05. The van der Waals surface area contributed by atoms with E-state index in [0.29, 0.717) is 23.8 Å². The fourth-order valence-electron chi connectivity index (χ4n) is 1.57. The number of carbonyl (C=O) groups is 1. The Balaban J connectivity index is 1.69. The van der Waals surface area contributed by atoms with Crippen LogP contribution in [0, 0.1) is 0 Å². The quantitative estimate of drug-likeness (QED) is 0.752. The molecule has 1 aromatic heterocycles. The minimum atomic E-state index is -0.0136. The van der Waals surface area contributed by atoms with Gasteiger partial charge in [-0.25, -0.2) is 0 Å². The average molecular weight is 324 g/mol. The minimum absolute atomic E-state index is 0.0136. The van der Waals surface area contributed by atoms with Gasteiger partial charge in [-0.3, -0.25) is 4.79 Å². The van der Waals surface area contributed by atoms with Gasteiger partial charge in [-0.1, -0.05) is 17.4 Å². The molecule has 1 amide bonds. The van der Waals surface area contributed by atoms with Crippen LogP contribution < -0.4 is 15.8 Å². The van der Waals surface area contributed by atoms with Crippen molar-refractivity contribution >= 4 is 34.1 Å². The third kappa shape index (κ3) is 5.24. The first-order valence-electron chi connectivity index (χ1n) is 6.29. The summed E-state index contributed by atoms with van der Waals surface area (Å²) in [7, 11) is 1.62. The number of methoxy groups -OCH3 is 1. The second-order valence-electron chi connectivity index (χ2n) is 4.10. The molecule has 0 radical (unpaired) electrons. The van der Waals surface area contributed by atoms with Gasteiger partial charge in [-0.2, -0.15) is 0 Å². The molecule has 1 heterocycles. The van der Waals surface area contributed by atoms with Gasteiger partial charge in [0.1, 0.15) is 10.8 Å². The summed E-state index contributed by atoms with van der Waals surface area (Å²) in [5.41, 5.74) is 5.49. The molecule has 0 aliphatic rings. The van der Waals surface area contributed by atoms with E-state index in [9.17, 15) is 4.79 Å². The first-order chi connectivity index (χ1) is 10.2. The summed E-state index contributed by atoms with van der Waals surface area (Å²) >= 11 is 2.81. The van der Waals surface area contributed by atoms with Gasteiger partial charge >= 0.3 is 0 Å². The number of rotatable bonds is 7. The molecule has 112 valence electrons. The maximum Gasteiger partial charge on any atom is 0.230 e. The minimum Gasteiger partial charge on any atom is -0.497 e. The van der Waals surface area contributed by atoms with Crippen molar-refractivity contribution in [2.75, 3.05) is 25.1 Å². The normalized spacial score (nSPS) is 10.3. The van der Waals surface area contributed by atoms with E-state index < -0.39 is 0 Å². The molecule has 0 spiro atoms. The van der Waals surface area contributed by atoms with Gasteiger partial charge in [0, 0.05) is 17.9 Å². The molecule has 6 nitrogen and oxygen atoms in total. The monoisotopic (exact) mass is 324 g/mol. The lowest BCUT2D eigenvalue weighted by molar-refractivity contribution is -0.118. The third-order valence-corrected chi connectivity index (χ3v) is 4.36. The zero-order chi connectivity index (χ0) is 15.1. The summed E-state index contributed by atoms with van der Waals surface area (Å²) in [6.07, 6.45) is 0.643. The van der Waals surface area contributed by atoms with Crippen LogP contribution in [0.25, 0.3) is 0 Å². The number of hydrogen-bond acceptors (Lipinski definition) is 7. The molecule has 0 saturated carbocycles. The number of carbonyl (C=O) groups excluding carboxylic acids is 1. The van der Waals surface area contributed by atoms with Gasteiger partial charge in [0.2, 0.25) is 11.0 Å². The highest BCUT2D eigenvalue weighted by atomic mass is 32.2. The van der Waals surface area contributed by atoms with E-state index in [4.69, 9.17) is 10.5 Å². The summed E-state index contributed by atoms with van der Waals surface area (Å²) < 4.78 is 5.14. The SMILES string of the molecule is COc1cccc(SCC(=O)NCCc2nnc(N)s2)c1. The van der Waals surface area contributed by atoms with E-state index in [1.807, 2.05) is 24.3 Å². The number of nitrogen functional groups attached to an aromatic ring is 1. The first kappa shape index (κ1) is 15.6. The molecule has 1 aromatic carbocycles. The Hall–Kier alpha value is -1.80. The molecule has 3 N–H and O–H groups in total. The van der Waals surface area contributed by atoms with Crippen LogP contribution in [0.15, 0.2) is 29.2 Å². The van der Waals surface area contributed by atoms with Crippen LogP contribution in [0.4, 0.5) is 5.13 Å². The Kier molecular flexibility index (Phi) is 5.82. The maximum absolute atomic E-state index is 11.7. The largest absolute Gasteiger partial charge is 0.497 e. The van der Waals surface area contributed by atoms with Crippen molar-refractivity contribution in [2.24, 2.45) is 0 Å². The molecule has 2 rings (SSSR count). The van der Waals surface area contributed by atoms with Gasteiger partial charge in [-0.05, 0) is 18.2 Å². The van der Waals surface area contributed by atoms with E-state index >= 15 is 0 Å². The standard InChI is InChI=1S/C13H16N4O2S2/c1-19-9-3-2-4-10(7-9)20-8-11(18)15-6-5-12-16-17-13(14)21-12/h2-4,7H,5-6,8H2,1H3,(H2,14,17)(H,15,18). The molecule has 0 saturated heterocycles. The predicted octanol–water partition coefficient (Wildman–Crippen LogP) is 1.58. The van der Waals surface area contributed by atoms with Crippen molar-refractivity contribution in [1.29, 1.82) is 0 Å². The van der Waals surface area contributed by atoms with Crippen molar-refractivity contribution in [2.45, 2.75) is 11.3 Å². The first-order valence-corrected chi connectivity index (χ1v) is 8.09. The van der Waals surface area contributed by atoms with Crippen LogP contribution in [0.5, 0.6) is 5.75 Å². The number of nitrogens with two attached hydrogens (primary N) is 1. The number of thioether (sulfide) groups is 1. The van der Waals surface area contributed by atoms with Crippen molar-refractivity contribution in [3.63, 3.8) is 0 Å². The summed E-state index contributed by atoms with van der Waals surface area (Å²) in [4.78, 5) is 12.7. The predicted molar refractivity (Wildman–Crippen MR) is 84.8 cm³/mol. The Morgan fingerprint density at radius 2 is 2.33 bits per heavy atom. The molecule has 0 unspecified atom stereocenters. The lowest BCUT2D eigenvalue weighted by Crippen LogP contribution is -2.27. The Labute approximate surface area is 131 Å². The number of nitrogens with one attached hydrogen (secondary N) is 1. The molecular formula is C13H16N4O2S2. The highest BCUT2D eigenvalue weighted by Gasteiger charge is 2.05. The molecule has 0 bridgehead atoms. The smallest absolute Gasteiger partial charge is 0.230 e. The Bertz CT molecular complexity index is 603. The number of aromatic nitrogens is 2. The van der Waals surface area contributed by atoms with E-state index in [-0.39, 0.29) is 5.91 Å². The molecule has 0 aliphatic carbocycles. The fourth-order valence-corrected chi connectivity index (χ4v) is 2.95. The van der Waals surface area contributed by atoms with Crippen LogP contribution >= 0.6 is 23.1 Å². The number of amides is 1. The lowest BCUT2D eigenvalue weighted by atomic mass is 10.3. The summed E-state index contributed by atoms with van der Waals surface area (Å²) in [6.45, 7) is 0.534. The second kappa shape index (κ2) is 7.84. The van der Waals surface area contributed by atoms with Crippen molar-refractivity contribution in [3.8, 4) is 5.75 Å². The highest BCUT2D eigenvalue weighted by molar-refractivity contribution is 8.00. The number of ether oxygens (including phenoxy) is 1. The molecule has 2 aromatic rings. The van der Waals surface area contributed by atoms with Gasteiger partial charge in [0.05, 0.1) is 12.9 Å². The summed E-state index contributed by atoms with van der Waals surface area (Å²) in [5, 5.41) is 11.7. The number of anilines is 1.